The van der Waals surface area contributed by atoms with Crippen molar-refractivity contribution in [3.8, 4) is 5.75 Å². The molecule has 0 aliphatic rings. The van der Waals surface area contributed by atoms with Gasteiger partial charge in [0.15, 0.2) is 6.10 Å². The summed E-state index contributed by atoms with van der Waals surface area (Å²) in [5.41, 5.74) is 5.17. The van der Waals surface area contributed by atoms with Crippen molar-refractivity contribution >= 4 is 28.1 Å². The Balaban J connectivity index is 1.58. The molecule has 6 heteroatoms. The van der Waals surface area contributed by atoms with E-state index in [1.807, 2.05) is 78.9 Å². The number of hydrazone groups is 1. The maximum absolute atomic E-state index is 12.3. The number of rotatable bonds is 8. The number of carbonyl (C=O) groups excluding carboxylic acids is 1. The Hall–Kier alpha value is -2.96. The highest BCUT2D eigenvalue weighted by molar-refractivity contribution is 9.10. The van der Waals surface area contributed by atoms with E-state index in [1.54, 1.807) is 6.21 Å². The lowest BCUT2D eigenvalue weighted by Crippen LogP contribution is -2.26. The first kappa shape index (κ1) is 20.8. The minimum absolute atomic E-state index is 0.336. The van der Waals surface area contributed by atoms with Gasteiger partial charge in [-0.3, -0.25) is 4.79 Å². The quantitative estimate of drug-likeness (QED) is 0.391. The van der Waals surface area contributed by atoms with Crippen LogP contribution in [0.2, 0.25) is 0 Å². The summed E-state index contributed by atoms with van der Waals surface area (Å²) in [7, 11) is 1.49. The fourth-order valence-electron chi connectivity index (χ4n) is 2.73. The monoisotopic (exact) mass is 452 g/mol. The molecular formula is C23H21BrN2O3. The maximum atomic E-state index is 12.3. The molecule has 1 N–H and O–H groups in total. The van der Waals surface area contributed by atoms with Crippen molar-refractivity contribution in [2.45, 2.75) is 12.7 Å². The lowest BCUT2D eigenvalue weighted by molar-refractivity contribution is -0.131. The highest BCUT2D eigenvalue weighted by Crippen LogP contribution is 2.17. The summed E-state index contributed by atoms with van der Waals surface area (Å²) in [6.07, 6.45) is 0.856. The first-order valence-electron chi connectivity index (χ1n) is 9.03. The molecule has 3 aromatic carbocycles. The average molecular weight is 453 g/mol. The second-order valence-corrected chi connectivity index (χ2v) is 7.17. The number of amides is 1. The number of benzene rings is 3. The number of carbonyl (C=O) groups is 1. The van der Waals surface area contributed by atoms with Gasteiger partial charge in [0, 0.05) is 11.6 Å². The van der Waals surface area contributed by atoms with Gasteiger partial charge in [-0.15, -0.1) is 0 Å². The lowest BCUT2D eigenvalue weighted by Gasteiger charge is -2.13. The van der Waals surface area contributed by atoms with E-state index in [1.165, 1.54) is 7.11 Å². The lowest BCUT2D eigenvalue weighted by atomic mass is 10.1. The van der Waals surface area contributed by atoms with Crippen LogP contribution in [0.5, 0.6) is 5.75 Å². The van der Waals surface area contributed by atoms with Gasteiger partial charge < -0.3 is 9.47 Å². The highest BCUT2D eigenvalue weighted by atomic mass is 79.9. The number of halogens is 1. The molecule has 29 heavy (non-hydrogen) atoms. The third kappa shape index (κ3) is 6.27. The topological polar surface area (TPSA) is 59.9 Å². The van der Waals surface area contributed by atoms with E-state index >= 15 is 0 Å². The molecular weight excluding hydrogens is 432 g/mol. The summed E-state index contributed by atoms with van der Waals surface area (Å²) in [5.74, 6) is 0.385. The van der Waals surface area contributed by atoms with E-state index in [9.17, 15) is 4.79 Å². The normalized spacial score (nSPS) is 11.9. The number of methoxy groups -OCH3 is 1. The van der Waals surface area contributed by atoms with Crippen molar-refractivity contribution in [3.63, 3.8) is 0 Å². The summed E-state index contributed by atoms with van der Waals surface area (Å²) in [6.45, 7) is 0.462. The van der Waals surface area contributed by atoms with Crippen LogP contribution in [0.25, 0.3) is 0 Å². The average Bonchev–Trinajstić information content (AvgIpc) is 2.74. The predicted octanol–water partition coefficient (Wildman–Crippen LogP) is 4.87. The standard InChI is InChI=1S/C23H21BrN2O3/c1-28-22(19-9-3-2-4-10-19)23(27)26-25-15-17-7-6-12-21(14-17)29-16-18-8-5-11-20(24)13-18/h2-15,22H,16H2,1H3,(H,26,27)/b25-15+. The fraction of sp³-hybridized carbons (Fsp3) is 0.130. The molecule has 3 rings (SSSR count). The zero-order chi connectivity index (χ0) is 20.5. The van der Waals surface area contributed by atoms with Crippen molar-refractivity contribution in [1.29, 1.82) is 0 Å². The Morgan fingerprint density at radius 2 is 1.86 bits per heavy atom. The van der Waals surface area contributed by atoms with E-state index in [-0.39, 0.29) is 5.91 Å². The van der Waals surface area contributed by atoms with Gasteiger partial charge in [-0.2, -0.15) is 5.10 Å². The molecule has 0 saturated carbocycles. The summed E-state index contributed by atoms with van der Waals surface area (Å²) in [5, 5.41) is 4.04. The number of nitrogens with zero attached hydrogens (tertiary/aromatic N) is 1. The molecule has 148 valence electrons. The van der Waals surface area contributed by atoms with Gasteiger partial charge in [0.25, 0.3) is 5.91 Å². The number of hydrogen-bond acceptors (Lipinski definition) is 4. The van der Waals surface area contributed by atoms with Crippen LogP contribution >= 0.6 is 15.9 Å². The summed E-state index contributed by atoms with van der Waals surface area (Å²) < 4.78 is 12.1. The first-order valence-corrected chi connectivity index (χ1v) is 9.83. The Labute approximate surface area is 178 Å². The number of nitrogens with one attached hydrogen (secondary N) is 1. The van der Waals surface area contributed by atoms with Crippen LogP contribution in [0, 0.1) is 0 Å². The van der Waals surface area contributed by atoms with Crippen LogP contribution in [-0.2, 0) is 16.1 Å². The Kier molecular flexibility index (Phi) is 7.55. The first-order chi connectivity index (χ1) is 14.2. The van der Waals surface area contributed by atoms with Gasteiger partial charge in [-0.1, -0.05) is 70.5 Å². The molecule has 0 spiro atoms. The molecule has 0 heterocycles. The third-order valence-corrected chi connectivity index (χ3v) is 4.61. The Morgan fingerprint density at radius 3 is 2.62 bits per heavy atom. The third-order valence-electron chi connectivity index (χ3n) is 4.12. The molecule has 0 aromatic heterocycles. The van der Waals surface area contributed by atoms with Gasteiger partial charge in [-0.25, -0.2) is 5.43 Å². The largest absolute Gasteiger partial charge is 0.489 e. The molecule has 0 fully saturated rings. The maximum Gasteiger partial charge on any atom is 0.273 e. The molecule has 1 atom stereocenters. The minimum atomic E-state index is -0.715. The second kappa shape index (κ2) is 10.5. The molecule has 1 unspecified atom stereocenters. The second-order valence-electron chi connectivity index (χ2n) is 6.25. The van der Waals surface area contributed by atoms with Crippen molar-refractivity contribution in [2.75, 3.05) is 7.11 Å². The van der Waals surface area contributed by atoms with Crippen molar-refractivity contribution in [3.05, 3.63) is 100 Å². The van der Waals surface area contributed by atoms with E-state index in [0.717, 1.165) is 26.9 Å². The van der Waals surface area contributed by atoms with Crippen LogP contribution in [-0.4, -0.2) is 19.2 Å². The molecule has 0 saturated heterocycles. The van der Waals surface area contributed by atoms with Gasteiger partial charge in [-0.05, 0) is 41.0 Å². The van der Waals surface area contributed by atoms with Crippen molar-refractivity contribution in [1.82, 2.24) is 5.43 Å². The van der Waals surface area contributed by atoms with Crippen molar-refractivity contribution < 1.29 is 14.3 Å². The van der Waals surface area contributed by atoms with E-state index in [2.05, 4.69) is 26.5 Å². The molecule has 5 nitrogen and oxygen atoms in total. The van der Waals surface area contributed by atoms with Crippen LogP contribution in [0.15, 0.2) is 88.4 Å². The van der Waals surface area contributed by atoms with Crippen LogP contribution in [0.1, 0.15) is 22.8 Å². The zero-order valence-electron chi connectivity index (χ0n) is 15.9. The molecule has 0 bridgehead atoms. The van der Waals surface area contributed by atoms with Crippen LogP contribution in [0.4, 0.5) is 0 Å². The highest BCUT2D eigenvalue weighted by Gasteiger charge is 2.19. The molecule has 0 radical (unpaired) electrons. The number of hydrogen-bond donors (Lipinski definition) is 1. The van der Waals surface area contributed by atoms with Gasteiger partial charge in [0.2, 0.25) is 0 Å². The van der Waals surface area contributed by atoms with Gasteiger partial charge in [0.05, 0.1) is 6.21 Å². The van der Waals surface area contributed by atoms with Crippen LogP contribution in [0.3, 0.4) is 0 Å². The molecule has 3 aromatic rings. The van der Waals surface area contributed by atoms with Crippen LogP contribution < -0.4 is 10.2 Å². The summed E-state index contributed by atoms with van der Waals surface area (Å²) in [6, 6.07) is 24.7. The van der Waals surface area contributed by atoms with Gasteiger partial charge in [0.1, 0.15) is 12.4 Å². The summed E-state index contributed by atoms with van der Waals surface area (Å²) >= 11 is 3.45. The van der Waals surface area contributed by atoms with Gasteiger partial charge >= 0.3 is 0 Å². The SMILES string of the molecule is COC(C(=O)N/N=C/c1cccc(OCc2cccc(Br)c2)c1)c1ccccc1. The number of ether oxygens (including phenoxy) is 2. The van der Waals surface area contributed by atoms with E-state index < -0.39 is 6.10 Å². The van der Waals surface area contributed by atoms with E-state index in [4.69, 9.17) is 9.47 Å². The van der Waals surface area contributed by atoms with E-state index in [0.29, 0.717) is 6.61 Å². The fourth-order valence-corrected chi connectivity index (χ4v) is 3.18. The molecule has 0 aliphatic carbocycles. The predicted molar refractivity (Wildman–Crippen MR) is 117 cm³/mol. The van der Waals surface area contributed by atoms with Crippen molar-refractivity contribution in [2.24, 2.45) is 5.10 Å². The Morgan fingerprint density at radius 1 is 1.07 bits per heavy atom. The Bertz CT molecular complexity index is 977. The smallest absolute Gasteiger partial charge is 0.273 e. The molecule has 1 amide bonds. The summed E-state index contributed by atoms with van der Waals surface area (Å²) in [4.78, 5) is 12.3. The molecule has 0 aliphatic heterocycles. The zero-order valence-corrected chi connectivity index (χ0v) is 17.5. The minimum Gasteiger partial charge on any atom is -0.489 e.